The minimum absolute atomic E-state index is 0.239. The predicted molar refractivity (Wildman–Crippen MR) is 122 cm³/mol. The Morgan fingerprint density at radius 1 is 1.04 bits per heavy atom. The zero-order chi connectivity index (χ0) is 20.3. The number of hydrogen-bond acceptors (Lipinski definition) is 3. The van der Waals surface area contributed by atoms with Crippen molar-refractivity contribution in [3.05, 3.63) is 36.1 Å². The fourth-order valence-electron chi connectivity index (χ4n) is 2.38. The smallest absolute Gasteiger partial charge is 0.104 e. The molecule has 0 rings (SSSR count). The van der Waals surface area contributed by atoms with Crippen LogP contribution in [0.5, 0.6) is 0 Å². The molecule has 0 aromatic heterocycles. The minimum atomic E-state index is 0.239. The number of nitrogens with zero attached hydrogens (tertiary/aromatic N) is 1. The molecular formula is C24H44N2O. The summed E-state index contributed by atoms with van der Waals surface area (Å²) in [6.45, 7) is 15.6. The first-order valence-electron chi connectivity index (χ1n) is 11.0. The maximum atomic E-state index is 6.18. The quantitative estimate of drug-likeness (QED) is 0.145. The molecule has 0 fully saturated rings. The van der Waals surface area contributed by atoms with E-state index >= 15 is 0 Å². The first-order chi connectivity index (χ1) is 13.1. The fourth-order valence-corrected chi connectivity index (χ4v) is 2.38. The van der Waals surface area contributed by atoms with Crippen LogP contribution in [0, 0.1) is 5.92 Å². The summed E-state index contributed by atoms with van der Waals surface area (Å²) in [6, 6.07) is 0.496. The molecule has 156 valence electrons. The van der Waals surface area contributed by atoms with Crippen molar-refractivity contribution < 1.29 is 4.74 Å². The van der Waals surface area contributed by atoms with Gasteiger partial charge in [0, 0.05) is 25.0 Å². The van der Waals surface area contributed by atoms with E-state index in [1.165, 1.54) is 12.8 Å². The summed E-state index contributed by atoms with van der Waals surface area (Å²) >= 11 is 0. The normalized spacial score (nSPS) is 15.6. The third kappa shape index (κ3) is 14.4. The van der Waals surface area contributed by atoms with Gasteiger partial charge in [-0.05, 0) is 38.7 Å². The van der Waals surface area contributed by atoms with E-state index in [1.54, 1.807) is 0 Å². The molecule has 0 saturated carbocycles. The highest BCUT2D eigenvalue weighted by molar-refractivity contribution is 5.97. The summed E-state index contributed by atoms with van der Waals surface area (Å²) in [7, 11) is 0. The van der Waals surface area contributed by atoms with Gasteiger partial charge in [-0.2, -0.15) is 0 Å². The van der Waals surface area contributed by atoms with Gasteiger partial charge in [0.15, 0.2) is 0 Å². The van der Waals surface area contributed by atoms with Gasteiger partial charge < -0.3 is 10.1 Å². The average molecular weight is 377 g/mol. The summed E-state index contributed by atoms with van der Waals surface area (Å²) < 4.78 is 6.18. The van der Waals surface area contributed by atoms with Gasteiger partial charge in [0.2, 0.25) is 0 Å². The lowest BCUT2D eigenvalue weighted by atomic mass is 10.1. The average Bonchev–Trinajstić information content (AvgIpc) is 2.68. The third-order valence-corrected chi connectivity index (χ3v) is 4.44. The molecule has 0 aliphatic heterocycles. The van der Waals surface area contributed by atoms with Crippen molar-refractivity contribution in [2.75, 3.05) is 19.7 Å². The summed E-state index contributed by atoms with van der Waals surface area (Å²) in [5, 5.41) is 3.56. The Morgan fingerprint density at radius 2 is 1.81 bits per heavy atom. The highest BCUT2D eigenvalue weighted by atomic mass is 16.5. The van der Waals surface area contributed by atoms with Crippen LogP contribution < -0.4 is 5.32 Å². The van der Waals surface area contributed by atoms with E-state index < -0.39 is 0 Å². The van der Waals surface area contributed by atoms with Crippen LogP contribution in [-0.4, -0.2) is 31.4 Å². The third-order valence-electron chi connectivity index (χ3n) is 4.44. The van der Waals surface area contributed by atoms with Crippen LogP contribution >= 0.6 is 0 Å². The maximum Gasteiger partial charge on any atom is 0.104 e. The molecule has 2 unspecified atom stereocenters. The number of ether oxygens (including phenoxy) is 1. The highest BCUT2D eigenvalue weighted by Crippen LogP contribution is 2.15. The molecule has 0 bridgehead atoms. The van der Waals surface area contributed by atoms with E-state index in [9.17, 15) is 0 Å². The van der Waals surface area contributed by atoms with Crippen LogP contribution in [0.4, 0.5) is 0 Å². The lowest BCUT2D eigenvalue weighted by Crippen LogP contribution is -2.30. The van der Waals surface area contributed by atoms with Crippen LogP contribution in [0.2, 0.25) is 0 Å². The molecule has 0 aliphatic rings. The Kier molecular flexibility index (Phi) is 17.1. The van der Waals surface area contributed by atoms with Crippen LogP contribution in [0.3, 0.4) is 0 Å². The SMILES string of the molecule is CC/C=C\C=C/C(C)/C(=C\C(CNC(C)CC)=NCCC)OCCCCC. The van der Waals surface area contributed by atoms with Crippen molar-refractivity contribution in [3.63, 3.8) is 0 Å². The van der Waals surface area contributed by atoms with Gasteiger partial charge in [-0.1, -0.05) is 71.8 Å². The van der Waals surface area contributed by atoms with Gasteiger partial charge in [0.1, 0.15) is 5.76 Å². The minimum Gasteiger partial charge on any atom is -0.497 e. The largest absolute Gasteiger partial charge is 0.497 e. The van der Waals surface area contributed by atoms with Crippen molar-refractivity contribution in [1.82, 2.24) is 5.32 Å². The van der Waals surface area contributed by atoms with Crippen LogP contribution in [0.25, 0.3) is 0 Å². The standard InChI is InChI=1S/C24H44N2O/c1-7-11-13-14-16-21(5)24(27-18-15-12-8-2)19-23(25-17-9-3)20-26-22(6)10-4/h11,13-14,16,19,21-22,26H,7-10,12,15,17-18,20H2,1-6H3/b13-11-,16-14-,24-19+,25-23?. The van der Waals surface area contributed by atoms with Crippen molar-refractivity contribution in [3.8, 4) is 0 Å². The Balaban J connectivity index is 5.25. The van der Waals surface area contributed by atoms with E-state index in [0.717, 1.165) is 56.9 Å². The van der Waals surface area contributed by atoms with Gasteiger partial charge in [-0.3, -0.25) is 4.99 Å². The van der Waals surface area contributed by atoms with E-state index in [4.69, 9.17) is 9.73 Å². The van der Waals surface area contributed by atoms with Crippen molar-refractivity contribution >= 4 is 5.71 Å². The molecule has 0 heterocycles. The van der Waals surface area contributed by atoms with Gasteiger partial charge in [0.05, 0.1) is 12.3 Å². The molecule has 2 atom stereocenters. The molecule has 0 aromatic carbocycles. The topological polar surface area (TPSA) is 33.6 Å². The molecule has 0 spiro atoms. The fraction of sp³-hybridized carbons (Fsp3) is 0.708. The van der Waals surface area contributed by atoms with Crippen LogP contribution in [0.1, 0.15) is 80.1 Å². The maximum absolute atomic E-state index is 6.18. The van der Waals surface area contributed by atoms with Crippen LogP contribution in [-0.2, 0) is 4.74 Å². The number of allylic oxidation sites excluding steroid dienone is 4. The summed E-state index contributed by atoms with van der Waals surface area (Å²) in [4.78, 5) is 4.78. The van der Waals surface area contributed by atoms with Crippen molar-refractivity contribution in [1.29, 1.82) is 0 Å². The second-order valence-corrected chi connectivity index (χ2v) is 7.18. The van der Waals surface area contributed by atoms with E-state index in [2.05, 4.69) is 77.2 Å². The Bertz CT molecular complexity index is 463. The first kappa shape index (κ1) is 25.6. The summed E-state index contributed by atoms with van der Waals surface area (Å²) in [6.07, 6.45) is 17.5. The monoisotopic (exact) mass is 376 g/mol. The number of nitrogens with one attached hydrogen (secondary N) is 1. The lowest BCUT2D eigenvalue weighted by Gasteiger charge is -2.17. The highest BCUT2D eigenvalue weighted by Gasteiger charge is 2.10. The van der Waals surface area contributed by atoms with Crippen molar-refractivity contribution in [2.24, 2.45) is 10.9 Å². The molecule has 27 heavy (non-hydrogen) atoms. The van der Waals surface area contributed by atoms with E-state index in [0.29, 0.717) is 6.04 Å². The predicted octanol–water partition coefficient (Wildman–Crippen LogP) is 6.47. The second kappa shape index (κ2) is 18.0. The zero-order valence-electron chi connectivity index (χ0n) is 18.8. The first-order valence-corrected chi connectivity index (χ1v) is 11.0. The van der Waals surface area contributed by atoms with Gasteiger partial charge in [-0.25, -0.2) is 0 Å². The Morgan fingerprint density at radius 3 is 2.44 bits per heavy atom. The van der Waals surface area contributed by atoms with Gasteiger partial charge >= 0.3 is 0 Å². The molecule has 0 radical (unpaired) electrons. The van der Waals surface area contributed by atoms with Gasteiger partial charge in [-0.15, -0.1) is 0 Å². The van der Waals surface area contributed by atoms with E-state index in [-0.39, 0.29) is 5.92 Å². The van der Waals surface area contributed by atoms with E-state index in [1.807, 2.05) is 0 Å². The van der Waals surface area contributed by atoms with Gasteiger partial charge in [0.25, 0.3) is 0 Å². The molecule has 0 aromatic rings. The Hall–Kier alpha value is -1.35. The molecule has 1 N–H and O–H groups in total. The zero-order valence-corrected chi connectivity index (χ0v) is 18.8. The number of rotatable bonds is 16. The number of hydrogen-bond donors (Lipinski definition) is 1. The molecule has 3 nitrogen and oxygen atoms in total. The molecule has 3 heteroatoms. The second-order valence-electron chi connectivity index (χ2n) is 7.18. The molecule has 0 saturated heterocycles. The lowest BCUT2D eigenvalue weighted by molar-refractivity contribution is 0.186. The molecule has 0 amide bonds. The summed E-state index contributed by atoms with van der Waals surface area (Å²) in [5.41, 5.74) is 1.09. The van der Waals surface area contributed by atoms with Crippen LogP contribution in [0.15, 0.2) is 41.1 Å². The summed E-state index contributed by atoms with van der Waals surface area (Å²) in [5.74, 6) is 1.26. The Labute approximate surface area is 169 Å². The molecule has 0 aliphatic carbocycles. The number of unbranched alkanes of at least 4 members (excludes halogenated alkanes) is 2. The molecular weight excluding hydrogens is 332 g/mol. The number of aliphatic imine (C=N–C) groups is 1. The van der Waals surface area contributed by atoms with Crippen molar-refractivity contribution in [2.45, 2.75) is 86.1 Å².